The van der Waals surface area contributed by atoms with Crippen molar-refractivity contribution in [3.05, 3.63) is 64.2 Å². The minimum atomic E-state index is 0.266. The van der Waals surface area contributed by atoms with Gasteiger partial charge in [0.25, 0.3) is 0 Å². The largest absolute Gasteiger partial charge is 0.377 e. The number of hydrogen-bond acceptors (Lipinski definition) is 2. The third kappa shape index (κ3) is 2.30. The van der Waals surface area contributed by atoms with E-state index >= 15 is 0 Å². The molecule has 1 N–H and O–H groups in total. The Morgan fingerprint density at radius 1 is 1.21 bits per heavy atom. The first-order chi connectivity index (χ1) is 9.28. The highest BCUT2D eigenvalue weighted by atomic mass is 35.5. The molecule has 0 amide bonds. The van der Waals surface area contributed by atoms with Crippen LogP contribution in [-0.4, -0.2) is 0 Å². The predicted molar refractivity (Wildman–Crippen MR) is 77.3 cm³/mol. The van der Waals surface area contributed by atoms with E-state index in [0.717, 1.165) is 23.6 Å². The van der Waals surface area contributed by atoms with Gasteiger partial charge in [0.05, 0.1) is 17.3 Å². The number of nitriles is 1. The summed E-state index contributed by atoms with van der Waals surface area (Å²) in [5.74, 6) is 0. The summed E-state index contributed by atoms with van der Waals surface area (Å²) < 4.78 is 0. The maximum absolute atomic E-state index is 9.12. The standard InChI is InChI=1S/C16H13ClN2/c17-13-6-7-14-11(9-13)5-8-16(14)19-15-4-2-1-3-12(15)10-18/h1-4,6-7,9,16,19H,5,8H2. The van der Waals surface area contributed by atoms with Crippen LogP contribution in [0.5, 0.6) is 0 Å². The molecule has 0 heterocycles. The summed E-state index contributed by atoms with van der Waals surface area (Å²) in [7, 11) is 0. The van der Waals surface area contributed by atoms with Crippen molar-refractivity contribution in [2.75, 3.05) is 5.32 Å². The number of benzene rings is 2. The highest BCUT2D eigenvalue weighted by Gasteiger charge is 2.22. The monoisotopic (exact) mass is 268 g/mol. The van der Waals surface area contributed by atoms with Crippen LogP contribution in [0.3, 0.4) is 0 Å². The number of para-hydroxylation sites is 1. The van der Waals surface area contributed by atoms with E-state index in [4.69, 9.17) is 16.9 Å². The summed E-state index contributed by atoms with van der Waals surface area (Å²) in [5, 5.41) is 13.4. The lowest BCUT2D eigenvalue weighted by atomic mass is 10.1. The second-order valence-electron chi connectivity index (χ2n) is 4.74. The molecule has 0 radical (unpaired) electrons. The topological polar surface area (TPSA) is 35.8 Å². The van der Waals surface area contributed by atoms with Gasteiger partial charge in [-0.15, -0.1) is 0 Å². The molecule has 94 valence electrons. The fourth-order valence-electron chi connectivity index (χ4n) is 2.63. The van der Waals surface area contributed by atoms with Crippen molar-refractivity contribution in [2.45, 2.75) is 18.9 Å². The van der Waals surface area contributed by atoms with E-state index in [2.05, 4.69) is 17.5 Å². The molecule has 2 aromatic rings. The number of nitrogens with zero attached hydrogens (tertiary/aromatic N) is 1. The van der Waals surface area contributed by atoms with E-state index in [1.54, 1.807) is 0 Å². The molecule has 0 aliphatic heterocycles. The van der Waals surface area contributed by atoms with Gasteiger partial charge in [0.1, 0.15) is 6.07 Å². The van der Waals surface area contributed by atoms with Gasteiger partial charge in [-0.3, -0.25) is 0 Å². The Hall–Kier alpha value is -1.98. The maximum Gasteiger partial charge on any atom is 0.101 e. The van der Waals surface area contributed by atoms with Crippen molar-refractivity contribution < 1.29 is 0 Å². The Labute approximate surface area is 117 Å². The lowest BCUT2D eigenvalue weighted by molar-refractivity contribution is 0.762. The number of hydrogen-bond donors (Lipinski definition) is 1. The highest BCUT2D eigenvalue weighted by Crippen LogP contribution is 2.35. The van der Waals surface area contributed by atoms with Gasteiger partial charge in [0.15, 0.2) is 0 Å². The summed E-state index contributed by atoms with van der Waals surface area (Å²) in [5.41, 5.74) is 4.18. The predicted octanol–water partition coefficient (Wildman–Crippen LogP) is 4.31. The molecule has 2 nitrogen and oxygen atoms in total. The SMILES string of the molecule is N#Cc1ccccc1NC1CCc2cc(Cl)ccc21. The van der Waals surface area contributed by atoms with Crippen LogP contribution in [-0.2, 0) is 6.42 Å². The van der Waals surface area contributed by atoms with Crippen LogP contribution in [0.25, 0.3) is 0 Å². The molecule has 2 aromatic carbocycles. The second-order valence-corrected chi connectivity index (χ2v) is 5.17. The summed E-state index contributed by atoms with van der Waals surface area (Å²) in [6, 6.07) is 16.1. The first-order valence-corrected chi connectivity index (χ1v) is 6.70. The van der Waals surface area contributed by atoms with Crippen molar-refractivity contribution in [3.8, 4) is 6.07 Å². The summed E-state index contributed by atoms with van der Waals surface area (Å²) in [6.07, 6.45) is 2.07. The molecule has 3 rings (SSSR count). The minimum absolute atomic E-state index is 0.266. The molecule has 0 spiro atoms. The zero-order valence-corrected chi connectivity index (χ0v) is 11.1. The number of halogens is 1. The van der Waals surface area contributed by atoms with Gasteiger partial charge in [-0.05, 0) is 48.2 Å². The van der Waals surface area contributed by atoms with E-state index in [0.29, 0.717) is 5.56 Å². The second kappa shape index (κ2) is 4.95. The molecular formula is C16H13ClN2. The van der Waals surface area contributed by atoms with Gasteiger partial charge in [0.2, 0.25) is 0 Å². The van der Waals surface area contributed by atoms with Crippen LogP contribution in [0.2, 0.25) is 5.02 Å². The average Bonchev–Trinajstić information content (AvgIpc) is 2.82. The Balaban J connectivity index is 1.89. The smallest absolute Gasteiger partial charge is 0.101 e. The molecule has 1 atom stereocenters. The zero-order valence-electron chi connectivity index (χ0n) is 10.4. The third-order valence-electron chi connectivity index (χ3n) is 3.56. The molecule has 0 saturated carbocycles. The Bertz CT molecular complexity index is 658. The minimum Gasteiger partial charge on any atom is -0.377 e. The van der Waals surface area contributed by atoms with Crippen LogP contribution in [0.4, 0.5) is 5.69 Å². The lowest BCUT2D eigenvalue weighted by Gasteiger charge is -2.16. The van der Waals surface area contributed by atoms with Gasteiger partial charge in [-0.1, -0.05) is 29.8 Å². The van der Waals surface area contributed by atoms with Crippen LogP contribution in [0.15, 0.2) is 42.5 Å². The summed E-state index contributed by atoms with van der Waals surface area (Å²) in [6.45, 7) is 0. The lowest BCUT2D eigenvalue weighted by Crippen LogP contribution is -2.08. The highest BCUT2D eigenvalue weighted by molar-refractivity contribution is 6.30. The van der Waals surface area contributed by atoms with Gasteiger partial charge in [-0.25, -0.2) is 0 Å². The summed E-state index contributed by atoms with van der Waals surface area (Å²) in [4.78, 5) is 0. The Kier molecular flexibility index (Phi) is 3.15. The van der Waals surface area contributed by atoms with E-state index in [-0.39, 0.29) is 6.04 Å². The number of fused-ring (bicyclic) bond motifs is 1. The molecule has 0 aromatic heterocycles. The Morgan fingerprint density at radius 3 is 2.89 bits per heavy atom. The van der Waals surface area contributed by atoms with E-state index in [9.17, 15) is 0 Å². The van der Waals surface area contributed by atoms with Crippen molar-refractivity contribution >= 4 is 17.3 Å². The van der Waals surface area contributed by atoms with Crippen LogP contribution in [0, 0.1) is 11.3 Å². The molecule has 1 aliphatic rings. The van der Waals surface area contributed by atoms with Gasteiger partial charge in [0, 0.05) is 5.02 Å². The van der Waals surface area contributed by atoms with Crippen LogP contribution >= 0.6 is 11.6 Å². The van der Waals surface area contributed by atoms with E-state index in [1.807, 2.05) is 36.4 Å². The number of rotatable bonds is 2. The van der Waals surface area contributed by atoms with Crippen LogP contribution in [0.1, 0.15) is 29.2 Å². The molecular weight excluding hydrogens is 256 g/mol. The molecule has 1 unspecified atom stereocenters. The van der Waals surface area contributed by atoms with Crippen molar-refractivity contribution in [1.29, 1.82) is 5.26 Å². The third-order valence-corrected chi connectivity index (χ3v) is 3.80. The number of nitrogens with one attached hydrogen (secondary N) is 1. The molecule has 19 heavy (non-hydrogen) atoms. The Morgan fingerprint density at radius 2 is 2.05 bits per heavy atom. The molecule has 0 saturated heterocycles. The van der Waals surface area contributed by atoms with Crippen LogP contribution < -0.4 is 5.32 Å². The average molecular weight is 269 g/mol. The zero-order chi connectivity index (χ0) is 13.2. The van der Waals surface area contributed by atoms with Crippen molar-refractivity contribution in [3.63, 3.8) is 0 Å². The number of anilines is 1. The van der Waals surface area contributed by atoms with Gasteiger partial charge in [-0.2, -0.15) is 5.26 Å². The van der Waals surface area contributed by atoms with Gasteiger partial charge >= 0.3 is 0 Å². The first kappa shape index (κ1) is 12.1. The fraction of sp³-hybridized carbons (Fsp3) is 0.188. The van der Waals surface area contributed by atoms with Crippen molar-refractivity contribution in [1.82, 2.24) is 0 Å². The van der Waals surface area contributed by atoms with Crippen molar-refractivity contribution in [2.24, 2.45) is 0 Å². The molecule has 0 fully saturated rings. The quantitative estimate of drug-likeness (QED) is 0.881. The molecule has 0 bridgehead atoms. The number of aryl methyl sites for hydroxylation is 1. The van der Waals surface area contributed by atoms with E-state index < -0.39 is 0 Å². The fourth-order valence-corrected chi connectivity index (χ4v) is 2.82. The van der Waals surface area contributed by atoms with E-state index in [1.165, 1.54) is 11.1 Å². The summed E-state index contributed by atoms with van der Waals surface area (Å²) >= 11 is 6.02. The maximum atomic E-state index is 9.12. The normalized spacial score (nSPS) is 16.7. The van der Waals surface area contributed by atoms with Gasteiger partial charge < -0.3 is 5.32 Å². The molecule has 3 heteroatoms. The molecule has 1 aliphatic carbocycles. The first-order valence-electron chi connectivity index (χ1n) is 6.32.